The van der Waals surface area contributed by atoms with E-state index in [0.717, 1.165) is 32.7 Å². The van der Waals surface area contributed by atoms with Crippen molar-refractivity contribution >= 4 is 0 Å². The number of hydrogen-bond acceptors (Lipinski definition) is 4. The molecule has 1 N–H and O–H groups in total. The second kappa shape index (κ2) is 7.88. The highest BCUT2D eigenvalue weighted by Crippen LogP contribution is 2.14. The number of rotatable bonds is 6. The number of piperidine rings is 1. The number of hydrogen-bond donors (Lipinski definition) is 1. The van der Waals surface area contributed by atoms with Gasteiger partial charge in [-0.3, -0.25) is 9.88 Å². The Kier molecular flexibility index (Phi) is 5.80. The summed E-state index contributed by atoms with van der Waals surface area (Å²) in [5.41, 5.74) is 1.23. The number of nitriles is 1. The van der Waals surface area contributed by atoms with Crippen LogP contribution in [-0.4, -0.2) is 36.1 Å². The Balaban J connectivity index is 1.89. The summed E-state index contributed by atoms with van der Waals surface area (Å²) in [7, 11) is 0. The fourth-order valence-corrected chi connectivity index (χ4v) is 2.64. The summed E-state index contributed by atoms with van der Waals surface area (Å²) >= 11 is 0. The molecule has 0 spiro atoms. The van der Waals surface area contributed by atoms with Crippen LogP contribution >= 0.6 is 0 Å². The summed E-state index contributed by atoms with van der Waals surface area (Å²) in [5, 5.41) is 12.2. The number of nitrogens with one attached hydrogen (secondary N) is 1. The van der Waals surface area contributed by atoms with E-state index in [9.17, 15) is 0 Å². The van der Waals surface area contributed by atoms with Gasteiger partial charge in [-0.25, -0.2) is 0 Å². The van der Waals surface area contributed by atoms with Crippen molar-refractivity contribution in [3.63, 3.8) is 0 Å². The molecule has 1 aliphatic rings. The third-order valence-corrected chi connectivity index (χ3v) is 3.58. The van der Waals surface area contributed by atoms with E-state index in [1.165, 1.54) is 18.4 Å². The Labute approximate surface area is 115 Å². The van der Waals surface area contributed by atoms with E-state index >= 15 is 0 Å². The van der Waals surface area contributed by atoms with Gasteiger partial charge < -0.3 is 5.32 Å². The molecule has 1 fully saturated rings. The molecule has 1 aromatic heterocycles. The largest absolute Gasteiger partial charge is 0.316 e. The molecule has 0 aromatic carbocycles. The Hall–Kier alpha value is -1.44. The van der Waals surface area contributed by atoms with Crippen molar-refractivity contribution in [1.82, 2.24) is 15.2 Å². The molecule has 0 radical (unpaired) electrons. The fourth-order valence-electron chi connectivity index (χ4n) is 2.64. The summed E-state index contributed by atoms with van der Waals surface area (Å²) in [6.45, 7) is 5.07. The van der Waals surface area contributed by atoms with E-state index < -0.39 is 0 Å². The van der Waals surface area contributed by atoms with Crippen molar-refractivity contribution in [2.24, 2.45) is 5.92 Å². The lowest BCUT2D eigenvalue weighted by atomic mass is 9.99. The molecule has 1 unspecified atom stereocenters. The van der Waals surface area contributed by atoms with Gasteiger partial charge in [0.2, 0.25) is 0 Å². The molecular weight excluding hydrogens is 236 g/mol. The van der Waals surface area contributed by atoms with E-state index in [4.69, 9.17) is 5.26 Å². The molecule has 0 aliphatic carbocycles. The van der Waals surface area contributed by atoms with Crippen LogP contribution in [0, 0.1) is 17.2 Å². The van der Waals surface area contributed by atoms with Gasteiger partial charge in [-0.2, -0.15) is 5.26 Å². The zero-order valence-electron chi connectivity index (χ0n) is 11.4. The topological polar surface area (TPSA) is 52.0 Å². The third-order valence-electron chi connectivity index (χ3n) is 3.58. The average molecular weight is 258 g/mol. The van der Waals surface area contributed by atoms with E-state index in [1.54, 1.807) is 6.20 Å². The zero-order chi connectivity index (χ0) is 13.3. The van der Waals surface area contributed by atoms with Gasteiger partial charge in [0.15, 0.2) is 0 Å². The van der Waals surface area contributed by atoms with Crippen LogP contribution in [-0.2, 0) is 6.54 Å². The molecule has 2 rings (SSSR count). The molecule has 1 saturated heterocycles. The minimum absolute atomic E-state index is 0.598. The number of nitrogens with zero attached hydrogens (tertiary/aromatic N) is 3. The highest BCUT2D eigenvalue weighted by atomic mass is 15.1. The molecule has 1 aliphatic heterocycles. The molecule has 4 nitrogen and oxygen atoms in total. The van der Waals surface area contributed by atoms with Gasteiger partial charge in [-0.05, 0) is 43.5 Å². The highest BCUT2D eigenvalue weighted by molar-refractivity contribution is 5.08. The molecule has 0 bridgehead atoms. The Morgan fingerprint density at radius 1 is 1.53 bits per heavy atom. The van der Waals surface area contributed by atoms with Crippen molar-refractivity contribution in [2.45, 2.75) is 25.8 Å². The maximum Gasteiger partial charge on any atom is 0.0635 e. The van der Waals surface area contributed by atoms with Crippen LogP contribution in [0.4, 0.5) is 0 Å². The Morgan fingerprint density at radius 3 is 3.16 bits per heavy atom. The van der Waals surface area contributed by atoms with Crippen LogP contribution in [0.5, 0.6) is 0 Å². The summed E-state index contributed by atoms with van der Waals surface area (Å²) in [6.07, 6.45) is 6.87. The number of aromatic nitrogens is 1. The van der Waals surface area contributed by atoms with Gasteiger partial charge in [0, 0.05) is 38.4 Å². The minimum atomic E-state index is 0.598. The standard InChI is InChI=1S/C15H22N4/c16-6-3-9-19(12-14-4-1-7-17-10-14)13-15-5-2-8-18-11-15/h1,4,7,10,15,18H,2-3,5,8-9,11-13H2. The first-order valence-corrected chi connectivity index (χ1v) is 7.07. The second-order valence-corrected chi connectivity index (χ2v) is 5.22. The van der Waals surface area contributed by atoms with Crippen LogP contribution in [0.25, 0.3) is 0 Å². The Morgan fingerprint density at radius 2 is 2.47 bits per heavy atom. The van der Waals surface area contributed by atoms with Gasteiger partial charge in [-0.1, -0.05) is 6.07 Å². The maximum atomic E-state index is 8.79. The van der Waals surface area contributed by atoms with Crippen molar-refractivity contribution < 1.29 is 0 Å². The van der Waals surface area contributed by atoms with Crippen LogP contribution in [0.15, 0.2) is 24.5 Å². The summed E-state index contributed by atoms with van der Waals surface area (Å²) in [4.78, 5) is 6.55. The fraction of sp³-hybridized carbons (Fsp3) is 0.600. The normalized spacial score (nSPS) is 19.3. The predicted octanol–water partition coefficient (Wildman–Crippen LogP) is 1.80. The summed E-state index contributed by atoms with van der Waals surface area (Å²) < 4.78 is 0. The molecule has 1 aromatic rings. The van der Waals surface area contributed by atoms with Gasteiger partial charge in [0.05, 0.1) is 6.07 Å². The lowest BCUT2D eigenvalue weighted by molar-refractivity contribution is 0.204. The first kappa shape index (κ1) is 14.0. The van der Waals surface area contributed by atoms with Crippen molar-refractivity contribution in [1.29, 1.82) is 5.26 Å². The predicted molar refractivity (Wildman–Crippen MR) is 75.3 cm³/mol. The zero-order valence-corrected chi connectivity index (χ0v) is 11.4. The molecule has 19 heavy (non-hydrogen) atoms. The van der Waals surface area contributed by atoms with Gasteiger partial charge in [0.1, 0.15) is 0 Å². The van der Waals surface area contributed by atoms with Crippen molar-refractivity contribution in [3.8, 4) is 6.07 Å². The maximum absolute atomic E-state index is 8.79. The highest BCUT2D eigenvalue weighted by Gasteiger charge is 2.17. The van der Waals surface area contributed by atoms with Crippen LogP contribution in [0.1, 0.15) is 24.8 Å². The Bertz CT molecular complexity index is 392. The van der Waals surface area contributed by atoms with Crippen molar-refractivity contribution in [3.05, 3.63) is 30.1 Å². The van der Waals surface area contributed by atoms with Crippen molar-refractivity contribution in [2.75, 3.05) is 26.2 Å². The van der Waals surface area contributed by atoms with Gasteiger partial charge >= 0.3 is 0 Å². The molecule has 2 heterocycles. The van der Waals surface area contributed by atoms with E-state index in [1.807, 2.05) is 12.3 Å². The SMILES string of the molecule is N#CCCN(Cc1cccnc1)CC1CCCNC1. The number of pyridine rings is 1. The first-order chi connectivity index (χ1) is 9.38. The van der Waals surface area contributed by atoms with E-state index in [2.05, 4.69) is 27.3 Å². The van der Waals surface area contributed by atoms with Crippen LogP contribution in [0.3, 0.4) is 0 Å². The molecule has 102 valence electrons. The van der Waals surface area contributed by atoms with E-state index in [-0.39, 0.29) is 0 Å². The van der Waals surface area contributed by atoms with Gasteiger partial charge in [-0.15, -0.1) is 0 Å². The quantitative estimate of drug-likeness (QED) is 0.845. The summed E-state index contributed by atoms with van der Waals surface area (Å²) in [6, 6.07) is 6.32. The molecule has 4 heteroatoms. The molecular formula is C15H22N4. The van der Waals surface area contributed by atoms with Crippen LogP contribution in [0.2, 0.25) is 0 Å². The third kappa shape index (κ3) is 4.98. The monoisotopic (exact) mass is 258 g/mol. The van der Waals surface area contributed by atoms with Gasteiger partial charge in [0.25, 0.3) is 0 Å². The molecule has 0 amide bonds. The van der Waals surface area contributed by atoms with Crippen LogP contribution < -0.4 is 5.32 Å². The molecule has 1 atom stereocenters. The average Bonchev–Trinajstić information content (AvgIpc) is 2.47. The summed E-state index contributed by atoms with van der Waals surface area (Å²) in [5.74, 6) is 0.712. The van der Waals surface area contributed by atoms with E-state index in [0.29, 0.717) is 12.3 Å². The minimum Gasteiger partial charge on any atom is -0.316 e. The second-order valence-electron chi connectivity index (χ2n) is 5.22. The molecule has 0 saturated carbocycles. The smallest absolute Gasteiger partial charge is 0.0635 e. The lowest BCUT2D eigenvalue weighted by Gasteiger charge is -2.29. The lowest BCUT2D eigenvalue weighted by Crippen LogP contribution is -2.38. The first-order valence-electron chi connectivity index (χ1n) is 7.07.